The molecule has 4 rings (SSSR count). The molecule has 2 heterocycles. The van der Waals surface area contributed by atoms with Crippen molar-refractivity contribution in [3.05, 3.63) is 65.0 Å². The zero-order valence-corrected chi connectivity index (χ0v) is 20.3. The Morgan fingerprint density at radius 1 is 1.09 bits per heavy atom. The highest BCUT2D eigenvalue weighted by Crippen LogP contribution is 2.33. The normalized spacial score (nSPS) is 11.9. The number of methoxy groups -OCH3 is 2. The molecule has 1 unspecified atom stereocenters. The lowest BCUT2D eigenvalue weighted by atomic mass is 10.2. The van der Waals surface area contributed by atoms with Crippen molar-refractivity contribution in [3.63, 3.8) is 0 Å². The predicted molar refractivity (Wildman–Crippen MR) is 134 cm³/mol. The number of thioether (sulfide) groups is 1. The lowest BCUT2D eigenvalue weighted by Gasteiger charge is -2.14. The van der Waals surface area contributed by atoms with Crippen LogP contribution < -0.4 is 20.3 Å². The number of nitrogens with one attached hydrogen (secondary N) is 1. The Balaban J connectivity index is 1.57. The third-order valence-corrected chi connectivity index (χ3v) is 7.28. The minimum absolute atomic E-state index is 0.133. The largest absolute Gasteiger partial charge is 0.497 e. The summed E-state index contributed by atoms with van der Waals surface area (Å²) in [6.45, 7) is 1.78. The summed E-state index contributed by atoms with van der Waals surface area (Å²) in [5.41, 5.74) is 1.47. The number of ether oxygens (including phenoxy) is 2. The highest BCUT2D eigenvalue weighted by molar-refractivity contribution is 8.00. The monoisotopic (exact) mass is 481 g/mol. The summed E-state index contributed by atoms with van der Waals surface area (Å²) < 4.78 is 12.0. The lowest BCUT2D eigenvalue weighted by Crippen LogP contribution is -2.25. The number of rotatable bonds is 7. The van der Waals surface area contributed by atoms with Crippen LogP contribution in [0.4, 0.5) is 5.69 Å². The molecule has 1 amide bonds. The quantitative estimate of drug-likeness (QED) is 0.302. The maximum absolute atomic E-state index is 13.0. The first-order valence-corrected chi connectivity index (χ1v) is 11.9. The van der Waals surface area contributed by atoms with E-state index in [0.717, 1.165) is 10.4 Å². The van der Waals surface area contributed by atoms with Gasteiger partial charge in [-0.3, -0.25) is 14.2 Å². The van der Waals surface area contributed by atoms with E-state index in [1.807, 2.05) is 36.4 Å². The van der Waals surface area contributed by atoms with Crippen LogP contribution in [0.2, 0.25) is 0 Å². The molecule has 170 valence electrons. The number of fused-ring (bicyclic) bond motifs is 1. The Kier molecular flexibility index (Phi) is 6.71. The molecule has 0 saturated heterocycles. The van der Waals surface area contributed by atoms with Gasteiger partial charge in [-0.15, -0.1) is 11.3 Å². The van der Waals surface area contributed by atoms with Gasteiger partial charge in [0.1, 0.15) is 16.3 Å². The third-order valence-electron chi connectivity index (χ3n) is 5.06. The third kappa shape index (κ3) is 4.89. The van der Waals surface area contributed by atoms with Crippen LogP contribution in [0, 0.1) is 0 Å². The molecule has 4 aromatic rings. The number of aromatic nitrogens is 2. The van der Waals surface area contributed by atoms with E-state index in [1.165, 1.54) is 27.7 Å². The first kappa shape index (κ1) is 22.9. The SMILES string of the molecule is COc1cc(NC(=O)C(C)Sc2nc3sc(-c4ccccc4)cc3c(=O)n2C)cc(OC)c1. The van der Waals surface area contributed by atoms with Gasteiger partial charge in [-0.1, -0.05) is 42.1 Å². The Morgan fingerprint density at radius 2 is 1.76 bits per heavy atom. The van der Waals surface area contributed by atoms with Gasteiger partial charge in [-0.2, -0.15) is 0 Å². The number of benzene rings is 2. The van der Waals surface area contributed by atoms with Crippen LogP contribution in [0.5, 0.6) is 11.5 Å². The smallest absolute Gasteiger partial charge is 0.262 e. The van der Waals surface area contributed by atoms with Gasteiger partial charge in [-0.25, -0.2) is 4.98 Å². The molecule has 1 atom stereocenters. The molecule has 0 aliphatic heterocycles. The molecule has 2 aromatic heterocycles. The van der Waals surface area contributed by atoms with Gasteiger partial charge in [0, 0.05) is 35.8 Å². The second kappa shape index (κ2) is 9.68. The first-order chi connectivity index (χ1) is 15.9. The van der Waals surface area contributed by atoms with Gasteiger partial charge in [0.25, 0.3) is 5.56 Å². The first-order valence-electron chi connectivity index (χ1n) is 10.2. The zero-order chi connectivity index (χ0) is 23.5. The highest BCUT2D eigenvalue weighted by atomic mass is 32.2. The van der Waals surface area contributed by atoms with Crippen molar-refractivity contribution in [2.45, 2.75) is 17.3 Å². The number of carbonyl (C=O) groups excluding carboxylic acids is 1. The molecule has 0 fully saturated rings. The average molecular weight is 482 g/mol. The maximum Gasteiger partial charge on any atom is 0.262 e. The van der Waals surface area contributed by atoms with E-state index in [4.69, 9.17) is 14.5 Å². The number of hydrogen-bond acceptors (Lipinski definition) is 7. The Bertz CT molecular complexity index is 1340. The van der Waals surface area contributed by atoms with Crippen LogP contribution in [-0.4, -0.2) is 34.9 Å². The van der Waals surface area contributed by atoms with Gasteiger partial charge in [0.2, 0.25) is 5.91 Å². The van der Waals surface area contributed by atoms with Crippen molar-refractivity contribution >= 4 is 44.9 Å². The Morgan fingerprint density at radius 3 is 2.39 bits per heavy atom. The molecule has 1 N–H and O–H groups in total. The molecule has 9 heteroatoms. The summed E-state index contributed by atoms with van der Waals surface area (Å²) >= 11 is 2.70. The van der Waals surface area contributed by atoms with Crippen LogP contribution in [0.1, 0.15) is 6.92 Å². The number of hydrogen-bond donors (Lipinski definition) is 1. The minimum atomic E-state index is -0.494. The van der Waals surface area contributed by atoms with Crippen LogP contribution >= 0.6 is 23.1 Å². The van der Waals surface area contributed by atoms with E-state index in [0.29, 0.717) is 32.6 Å². The molecule has 0 bridgehead atoms. The van der Waals surface area contributed by atoms with E-state index < -0.39 is 5.25 Å². The summed E-state index contributed by atoms with van der Waals surface area (Å²) in [5, 5.41) is 3.44. The molecule has 33 heavy (non-hydrogen) atoms. The van der Waals surface area contributed by atoms with Crippen LogP contribution in [0.15, 0.2) is 64.5 Å². The molecule has 0 aliphatic rings. The maximum atomic E-state index is 13.0. The average Bonchev–Trinajstić information content (AvgIpc) is 3.26. The van der Waals surface area contributed by atoms with Crippen molar-refractivity contribution in [1.82, 2.24) is 9.55 Å². The molecule has 0 saturated carbocycles. The van der Waals surface area contributed by atoms with Crippen molar-refractivity contribution < 1.29 is 14.3 Å². The van der Waals surface area contributed by atoms with Crippen LogP contribution in [0.3, 0.4) is 0 Å². The summed E-state index contributed by atoms with van der Waals surface area (Å²) in [7, 11) is 4.78. The minimum Gasteiger partial charge on any atom is -0.497 e. The van der Waals surface area contributed by atoms with E-state index in [1.54, 1.807) is 46.4 Å². The van der Waals surface area contributed by atoms with E-state index in [9.17, 15) is 9.59 Å². The van der Waals surface area contributed by atoms with Crippen molar-refractivity contribution in [2.24, 2.45) is 7.05 Å². The number of anilines is 1. The van der Waals surface area contributed by atoms with Crippen LogP contribution in [-0.2, 0) is 11.8 Å². The molecule has 2 aromatic carbocycles. The van der Waals surface area contributed by atoms with Gasteiger partial charge in [0.05, 0.1) is 24.9 Å². The Labute approximate surface area is 199 Å². The van der Waals surface area contributed by atoms with Crippen molar-refractivity contribution in [1.29, 1.82) is 0 Å². The van der Waals surface area contributed by atoms with E-state index >= 15 is 0 Å². The topological polar surface area (TPSA) is 82.5 Å². The molecule has 0 radical (unpaired) electrons. The lowest BCUT2D eigenvalue weighted by molar-refractivity contribution is -0.115. The number of nitrogens with zero attached hydrogens (tertiary/aromatic N) is 2. The summed E-state index contributed by atoms with van der Waals surface area (Å²) in [6.07, 6.45) is 0. The predicted octanol–water partition coefficient (Wildman–Crippen LogP) is 4.80. The summed E-state index contributed by atoms with van der Waals surface area (Å²) in [4.78, 5) is 32.1. The fraction of sp³-hybridized carbons (Fsp3) is 0.208. The van der Waals surface area contributed by atoms with E-state index in [-0.39, 0.29) is 11.5 Å². The van der Waals surface area contributed by atoms with Gasteiger partial charge < -0.3 is 14.8 Å². The fourth-order valence-electron chi connectivity index (χ4n) is 3.23. The van der Waals surface area contributed by atoms with Crippen molar-refractivity contribution in [2.75, 3.05) is 19.5 Å². The number of thiophene rings is 1. The van der Waals surface area contributed by atoms with Crippen molar-refractivity contribution in [3.8, 4) is 21.9 Å². The molecule has 7 nitrogen and oxygen atoms in total. The number of amides is 1. The van der Waals surface area contributed by atoms with Gasteiger partial charge in [-0.05, 0) is 18.6 Å². The second-order valence-corrected chi connectivity index (χ2v) is 9.64. The Hall–Kier alpha value is -3.30. The van der Waals surface area contributed by atoms with Crippen LogP contribution in [0.25, 0.3) is 20.7 Å². The molecule has 0 spiro atoms. The molecular weight excluding hydrogens is 458 g/mol. The zero-order valence-electron chi connectivity index (χ0n) is 18.6. The standard InChI is InChI=1S/C24H23N3O4S2/c1-14(21(28)25-16-10-17(30-3)12-18(11-16)31-4)32-24-26-22-19(23(29)27(24)2)13-20(33-22)15-8-6-5-7-9-15/h5-14H,1-4H3,(H,25,28). The highest BCUT2D eigenvalue weighted by Gasteiger charge is 2.20. The van der Waals surface area contributed by atoms with Gasteiger partial charge >= 0.3 is 0 Å². The number of carbonyl (C=O) groups is 1. The fourth-order valence-corrected chi connectivity index (χ4v) is 5.18. The van der Waals surface area contributed by atoms with E-state index in [2.05, 4.69) is 5.32 Å². The second-order valence-electron chi connectivity index (χ2n) is 7.30. The van der Waals surface area contributed by atoms with Gasteiger partial charge in [0.15, 0.2) is 5.16 Å². The molecule has 0 aliphatic carbocycles. The summed E-state index contributed by atoms with van der Waals surface area (Å²) in [5.74, 6) is 0.929. The summed E-state index contributed by atoms with van der Waals surface area (Å²) in [6, 6.07) is 16.9. The molecular formula is C24H23N3O4S2.